The van der Waals surface area contributed by atoms with Crippen LogP contribution in [0, 0.1) is 0 Å². The molecule has 0 spiro atoms. The van der Waals surface area contributed by atoms with Crippen LogP contribution in [-0.2, 0) is 0 Å². The third-order valence-corrected chi connectivity index (χ3v) is 8.92. The van der Waals surface area contributed by atoms with Gasteiger partial charge in [-0.1, -0.05) is 164 Å². The lowest BCUT2D eigenvalue weighted by molar-refractivity contribution is 1.07. The predicted octanol–water partition coefficient (Wildman–Crippen LogP) is 11.1. The monoisotopic (exact) mass is 612 g/mol. The molecule has 9 aromatic rings. The summed E-state index contributed by atoms with van der Waals surface area (Å²) in [6.45, 7) is 0. The maximum absolute atomic E-state index is 5.13. The molecule has 224 valence electrons. The summed E-state index contributed by atoms with van der Waals surface area (Å²) in [4.78, 5) is 19.8. The number of aromatic nitrogens is 4. The van der Waals surface area contributed by atoms with Crippen LogP contribution in [0.3, 0.4) is 0 Å². The van der Waals surface area contributed by atoms with Gasteiger partial charge in [0.2, 0.25) is 0 Å². The summed E-state index contributed by atoms with van der Waals surface area (Å²) in [7, 11) is 0. The average Bonchev–Trinajstić information content (AvgIpc) is 3.18. The summed E-state index contributed by atoms with van der Waals surface area (Å²) in [5, 5.41) is 5.94. The van der Waals surface area contributed by atoms with Crippen molar-refractivity contribution in [1.82, 2.24) is 19.9 Å². The molecule has 0 aliphatic rings. The molecule has 2 heterocycles. The van der Waals surface area contributed by atoms with Crippen LogP contribution >= 0.6 is 0 Å². The van der Waals surface area contributed by atoms with E-state index in [0.29, 0.717) is 17.5 Å². The first-order valence-electron chi connectivity index (χ1n) is 16.1. The molecular formula is C44H28N4. The van der Waals surface area contributed by atoms with Gasteiger partial charge in [-0.05, 0) is 28.0 Å². The molecule has 0 atom stereocenters. The fourth-order valence-corrected chi connectivity index (χ4v) is 6.61. The van der Waals surface area contributed by atoms with Crippen LogP contribution in [0.2, 0.25) is 0 Å². The maximum Gasteiger partial charge on any atom is 0.164 e. The quantitative estimate of drug-likeness (QED) is 0.181. The van der Waals surface area contributed by atoms with E-state index in [9.17, 15) is 0 Å². The number of pyridine rings is 1. The Labute approximate surface area is 278 Å². The van der Waals surface area contributed by atoms with Gasteiger partial charge in [-0.15, -0.1) is 0 Å². The lowest BCUT2D eigenvalue weighted by atomic mass is 9.91. The van der Waals surface area contributed by atoms with E-state index >= 15 is 0 Å². The largest absolute Gasteiger partial charge is 0.247 e. The van der Waals surface area contributed by atoms with E-state index in [1.54, 1.807) is 0 Å². The standard InChI is InChI=1S/C44H28N4/c1-4-13-30(14-5-1)41-38-28-27-35-34(20-12-21-36(35)40(38)37-19-10-11-22-39(37)45-41)29-23-25-33(26-24-29)44-47-42(31-15-6-2-7-16-31)46-43(48-44)32-17-8-3-9-18-32/h1-28H. The van der Waals surface area contributed by atoms with Crippen LogP contribution in [0.1, 0.15) is 0 Å². The molecule has 0 saturated carbocycles. The summed E-state index contributed by atoms with van der Waals surface area (Å²) in [5.74, 6) is 1.95. The van der Waals surface area contributed by atoms with Gasteiger partial charge in [0.25, 0.3) is 0 Å². The Morgan fingerprint density at radius 1 is 0.271 bits per heavy atom. The van der Waals surface area contributed by atoms with Crippen LogP contribution in [0.4, 0.5) is 0 Å². The van der Waals surface area contributed by atoms with E-state index < -0.39 is 0 Å². The van der Waals surface area contributed by atoms with Gasteiger partial charge in [0, 0.05) is 38.4 Å². The number of rotatable bonds is 5. The van der Waals surface area contributed by atoms with Crippen molar-refractivity contribution in [2.45, 2.75) is 0 Å². The SMILES string of the molecule is c1ccc(-c2nc(-c3ccccc3)nc(-c3ccc(-c4cccc5c4ccc4c(-c6ccccc6)nc6ccccc6c45)cc3)n2)cc1. The molecule has 0 amide bonds. The van der Waals surface area contributed by atoms with Crippen molar-refractivity contribution in [2.24, 2.45) is 0 Å². The van der Waals surface area contributed by atoms with Gasteiger partial charge >= 0.3 is 0 Å². The highest BCUT2D eigenvalue weighted by molar-refractivity contribution is 6.24. The molecule has 4 nitrogen and oxygen atoms in total. The van der Waals surface area contributed by atoms with E-state index in [2.05, 4.69) is 103 Å². The molecule has 0 fully saturated rings. The van der Waals surface area contributed by atoms with Crippen molar-refractivity contribution < 1.29 is 0 Å². The zero-order valence-corrected chi connectivity index (χ0v) is 26.0. The van der Waals surface area contributed by atoms with Gasteiger partial charge in [-0.2, -0.15) is 0 Å². The molecule has 0 bridgehead atoms. The van der Waals surface area contributed by atoms with Crippen molar-refractivity contribution in [3.63, 3.8) is 0 Å². The zero-order chi connectivity index (χ0) is 31.9. The van der Waals surface area contributed by atoms with Gasteiger partial charge in [0.05, 0.1) is 11.2 Å². The van der Waals surface area contributed by atoms with E-state index in [-0.39, 0.29) is 0 Å². The molecule has 0 radical (unpaired) electrons. The van der Waals surface area contributed by atoms with Gasteiger partial charge < -0.3 is 0 Å². The van der Waals surface area contributed by atoms with Crippen LogP contribution in [0.5, 0.6) is 0 Å². The molecule has 0 unspecified atom stereocenters. The molecule has 4 heteroatoms. The Balaban J connectivity index is 1.18. The third kappa shape index (κ3) is 4.88. The molecule has 7 aromatic carbocycles. The number of benzene rings is 7. The summed E-state index contributed by atoms with van der Waals surface area (Å²) in [6.07, 6.45) is 0. The summed E-state index contributed by atoms with van der Waals surface area (Å²) in [5.41, 5.74) is 8.26. The Morgan fingerprint density at radius 3 is 1.38 bits per heavy atom. The van der Waals surface area contributed by atoms with Gasteiger partial charge in [0.1, 0.15) is 0 Å². The minimum atomic E-state index is 0.644. The molecule has 0 N–H and O–H groups in total. The average molecular weight is 613 g/mol. The number of fused-ring (bicyclic) bond motifs is 5. The Morgan fingerprint density at radius 2 is 0.750 bits per heavy atom. The Hall–Kier alpha value is -6.52. The van der Waals surface area contributed by atoms with E-state index in [4.69, 9.17) is 19.9 Å². The number of hydrogen-bond acceptors (Lipinski definition) is 4. The number of para-hydroxylation sites is 1. The molecule has 0 aliphatic heterocycles. The predicted molar refractivity (Wildman–Crippen MR) is 197 cm³/mol. The first-order chi connectivity index (χ1) is 23.8. The summed E-state index contributed by atoms with van der Waals surface area (Å²) >= 11 is 0. The molecule has 48 heavy (non-hydrogen) atoms. The highest BCUT2D eigenvalue weighted by atomic mass is 15.0. The Kier molecular flexibility index (Phi) is 6.76. The van der Waals surface area contributed by atoms with E-state index in [1.807, 2.05) is 66.7 Å². The summed E-state index contributed by atoms with van der Waals surface area (Å²) < 4.78 is 0. The van der Waals surface area contributed by atoms with Crippen LogP contribution in [0.25, 0.3) is 89.0 Å². The number of nitrogens with zero attached hydrogens (tertiary/aromatic N) is 4. The van der Waals surface area contributed by atoms with Crippen molar-refractivity contribution in [3.8, 4) is 56.5 Å². The van der Waals surface area contributed by atoms with Gasteiger partial charge in [0.15, 0.2) is 17.5 Å². The van der Waals surface area contributed by atoms with E-state index in [1.165, 1.54) is 21.7 Å². The first kappa shape index (κ1) is 27.8. The molecule has 2 aromatic heterocycles. The molecule has 0 saturated heterocycles. The fraction of sp³-hybridized carbons (Fsp3) is 0. The highest BCUT2D eigenvalue weighted by Gasteiger charge is 2.16. The molecule has 0 aliphatic carbocycles. The smallest absolute Gasteiger partial charge is 0.164 e. The normalized spacial score (nSPS) is 11.3. The zero-order valence-electron chi connectivity index (χ0n) is 26.0. The second-order valence-corrected chi connectivity index (χ2v) is 11.8. The van der Waals surface area contributed by atoms with Gasteiger partial charge in [-0.25, -0.2) is 19.9 Å². The lowest BCUT2D eigenvalue weighted by Gasteiger charge is -2.15. The van der Waals surface area contributed by atoms with E-state index in [0.717, 1.165) is 49.8 Å². The molecule has 9 rings (SSSR count). The second kappa shape index (κ2) is 11.7. The molecular weight excluding hydrogens is 585 g/mol. The minimum Gasteiger partial charge on any atom is -0.247 e. The van der Waals surface area contributed by atoms with Crippen molar-refractivity contribution >= 4 is 32.4 Å². The Bertz CT molecular complexity index is 2520. The van der Waals surface area contributed by atoms with Crippen molar-refractivity contribution in [2.75, 3.05) is 0 Å². The maximum atomic E-state index is 5.13. The lowest BCUT2D eigenvalue weighted by Crippen LogP contribution is -2.00. The minimum absolute atomic E-state index is 0.644. The topological polar surface area (TPSA) is 51.6 Å². The fourth-order valence-electron chi connectivity index (χ4n) is 6.61. The number of hydrogen-bond donors (Lipinski definition) is 0. The van der Waals surface area contributed by atoms with Crippen molar-refractivity contribution in [1.29, 1.82) is 0 Å². The van der Waals surface area contributed by atoms with Crippen LogP contribution in [-0.4, -0.2) is 19.9 Å². The third-order valence-electron chi connectivity index (χ3n) is 8.92. The van der Waals surface area contributed by atoms with Crippen LogP contribution in [0.15, 0.2) is 170 Å². The van der Waals surface area contributed by atoms with Crippen molar-refractivity contribution in [3.05, 3.63) is 170 Å². The highest BCUT2D eigenvalue weighted by Crippen LogP contribution is 2.40. The van der Waals surface area contributed by atoms with Gasteiger partial charge in [-0.3, -0.25) is 0 Å². The summed E-state index contributed by atoms with van der Waals surface area (Å²) in [6, 6.07) is 58.7. The first-order valence-corrected chi connectivity index (χ1v) is 16.1. The second-order valence-electron chi connectivity index (χ2n) is 11.8. The van der Waals surface area contributed by atoms with Crippen LogP contribution < -0.4 is 0 Å².